The van der Waals surface area contributed by atoms with Crippen molar-refractivity contribution in [1.82, 2.24) is 0 Å². The summed E-state index contributed by atoms with van der Waals surface area (Å²) < 4.78 is 45.4. The predicted molar refractivity (Wildman–Crippen MR) is 170 cm³/mol. The molecule has 1 fully saturated rings. The van der Waals surface area contributed by atoms with E-state index in [0.29, 0.717) is 27.8 Å². The van der Waals surface area contributed by atoms with E-state index in [4.69, 9.17) is 10.5 Å². The van der Waals surface area contributed by atoms with E-state index in [1.54, 1.807) is 44.2 Å². The minimum atomic E-state index is -4.49. The van der Waals surface area contributed by atoms with Gasteiger partial charge in [0.25, 0.3) is 11.8 Å². The first-order chi connectivity index (χ1) is 21.9. The average molecular weight is 629 g/mol. The van der Waals surface area contributed by atoms with Gasteiger partial charge in [-0.3, -0.25) is 14.4 Å². The lowest BCUT2D eigenvalue weighted by Gasteiger charge is -2.25. The van der Waals surface area contributed by atoms with Gasteiger partial charge in [-0.05, 0) is 78.3 Å². The number of carbonyl (C=O) groups excluding carboxylic acids is 3. The molecule has 4 aromatic carbocycles. The normalized spacial score (nSPS) is 14.1. The van der Waals surface area contributed by atoms with E-state index in [0.717, 1.165) is 43.4 Å². The van der Waals surface area contributed by atoms with Crippen LogP contribution < -0.4 is 11.1 Å². The molecule has 1 saturated carbocycles. The molecular formula is C37H35F3N2O4. The monoisotopic (exact) mass is 628 g/mol. The largest absolute Gasteiger partial charge is 0.457 e. The molecule has 1 unspecified atom stereocenters. The topological polar surface area (TPSA) is 98.5 Å². The van der Waals surface area contributed by atoms with Crippen LogP contribution in [0.1, 0.15) is 80.3 Å². The van der Waals surface area contributed by atoms with E-state index in [1.807, 2.05) is 30.3 Å². The number of alkyl halides is 3. The fourth-order valence-electron chi connectivity index (χ4n) is 6.27. The molecule has 0 spiro atoms. The maximum Gasteiger partial charge on any atom is 0.416 e. The van der Waals surface area contributed by atoms with E-state index in [1.165, 1.54) is 12.1 Å². The number of hydrogen-bond acceptors (Lipinski definition) is 4. The number of benzene rings is 4. The molecule has 0 heterocycles. The van der Waals surface area contributed by atoms with Gasteiger partial charge in [0.1, 0.15) is 6.10 Å². The summed E-state index contributed by atoms with van der Waals surface area (Å²) >= 11 is 0. The van der Waals surface area contributed by atoms with E-state index in [-0.39, 0.29) is 35.3 Å². The maximum absolute atomic E-state index is 13.6. The molecule has 1 aliphatic carbocycles. The van der Waals surface area contributed by atoms with Crippen LogP contribution in [0.25, 0.3) is 11.1 Å². The van der Waals surface area contributed by atoms with Gasteiger partial charge < -0.3 is 15.8 Å². The standard InChI is InChI=1S/C37H35F3N2O4/c1-22-20-27(21-31(43)46-34(26-12-6-7-13-26)25-10-4-3-5-11-25)23(2)32(35(41)44)33(22)42-36(45)30-15-9-8-14-29(30)24-16-18-28(19-17-24)37(38,39)40/h3-5,8-11,14-20,26,34H,6-7,12-13,21H2,1-2H3,(H2,41,44)(H,42,45). The third kappa shape index (κ3) is 7.14. The number of ether oxygens (including phenoxy) is 1. The van der Waals surface area contributed by atoms with Crippen LogP contribution in [0.3, 0.4) is 0 Å². The van der Waals surface area contributed by atoms with Crippen LogP contribution in [0.15, 0.2) is 84.9 Å². The van der Waals surface area contributed by atoms with Crippen LogP contribution in [0.4, 0.5) is 18.9 Å². The molecule has 46 heavy (non-hydrogen) atoms. The molecule has 2 amide bonds. The molecule has 0 bridgehead atoms. The first-order valence-corrected chi connectivity index (χ1v) is 15.2. The minimum Gasteiger partial charge on any atom is -0.457 e. The zero-order valence-corrected chi connectivity index (χ0v) is 25.6. The SMILES string of the molecule is Cc1cc(CC(=O)OC(c2ccccc2)C2CCCC2)c(C)c(C(N)=O)c1NC(=O)c1ccccc1-c1ccc(C(F)(F)F)cc1. The summed E-state index contributed by atoms with van der Waals surface area (Å²) in [5.74, 6) is -1.55. The Morgan fingerprint density at radius 2 is 1.54 bits per heavy atom. The zero-order valence-electron chi connectivity index (χ0n) is 25.6. The van der Waals surface area contributed by atoms with Crippen LogP contribution in [0.2, 0.25) is 0 Å². The van der Waals surface area contributed by atoms with Crippen molar-refractivity contribution in [3.8, 4) is 11.1 Å². The summed E-state index contributed by atoms with van der Waals surface area (Å²) in [6.45, 7) is 3.36. The highest BCUT2D eigenvalue weighted by atomic mass is 19.4. The van der Waals surface area contributed by atoms with Gasteiger partial charge in [0, 0.05) is 11.5 Å². The van der Waals surface area contributed by atoms with Gasteiger partial charge >= 0.3 is 12.1 Å². The number of nitrogens with one attached hydrogen (secondary N) is 1. The van der Waals surface area contributed by atoms with Crippen molar-refractivity contribution < 1.29 is 32.3 Å². The predicted octanol–water partition coefficient (Wildman–Crippen LogP) is 8.36. The lowest BCUT2D eigenvalue weighted by molar-refractivity contribution is -0.151. The number of rotatable bonds is 9. The van der Waals surface area contributed by atoms with Gasteiger partial charge in [-0.2, -0.15) is 13.2 Å². The second kappa shape index (κ2) is 13.6. The third-order valence-corrected chi connectivity index (χ3v) is 8.62. The molecule has 5 rings (SSSR count). The summed E-state index contributed by atoms with van der Waals surface area (Å²) in [7, 11) is 0. The summed E-state index contributed by atoms with van der Waals surface area (Å²) in [4.78, 5) is 39.7. The highest BCUT2D eigenvalue weighted by molar-refractivity contribution is 6.12. The smallest absolute Gasteiger partial charge is 0.416 e. The molecule has 0 aromatic heterocycles. The van der Waals surface area contributed by atoms with Gasteiger partial charge in [-0.25, -0.2) is 0 Å². The van der Waals surface area contributed by atoms with Crippen molar-refractivity contribution in [1.29, 1.82) is 0 Å². The Bertz CT molecular complexity index is 1750. The molecule has 9 heteroatoms. The van der Waals surface area contributed by atoms with Crippen molar-refractivity contribution in [2.45, 2.75) is 58.2 Å². The summed E-state index contributed by atoms with van der Waals surface area (Å²) in [5, 5.41) is 2.80. The molecular weight excluding hydrogens is 593 g/mol. The molecule has 3 N–H and O–H groups in total. The maximum atomic E-state index is 13.6. The van der Waals surface area contributed by atoms with Gasteiger partial charge in [0.05, 0.1) is 23.2 Å². The molecule has 0 saturated heterocycles. The van der Waals surface area contributed by atoms with Crippen molar-refractivity contribution in [3.63, 3.8) is 0 Å². The van der Waals surface area contributed by atoms with E-state index in [9.17, 15) is 27.6 Å². The second-order valence-electron chi connectivity index (χ2n) is 11.7. The van der Waals surface area contributed by atoms with E-state index in [2.05, 4.69) is 5.32 Å². The molecule has 1 atom stereocenters. The Hall–Kier alpha value is -4.92. The Morgan fingerprint density at radius 1 is 0.913 bits per heavy atom. The Balaban J connectivity index is 1.40. The first-order valence-electron chi connectivity index (χ1n) is 15.2. The first kappa shape index (κ1) is 32.5. The minimum absolute atomic E-state index is 0.0681. The van der Waals surface area contributed by atoms with Crippen molar-refractivity contribution in [3.05, 3.63) is 124 Å². The molecule has 6 nitrogen and oxygen atoms in total. The van der Waals surface area contributed by atoms with Crippen LogP contribution in [-0.4, -0.2) is 17.8 Å². The number of primary amides is 1. The van der Waals surface area contributed by atoms with Crippen molar-refractivity contribution >= 4 is 23.5 Å². The van der Waals surface area contributed by atoms with E-state index < -0.39 is 29.5 Å². The van der Waals surface area contributed by atoms with Crippen LogP contribution in [-0.2, 0) is 22.1 Å². The Morgan fingerprint density at radius 3 is 2.17 bits per heavy atom. The fraction of sp³-hybridized carbons (Fsp3) is 0.270. The fourth-order valence-corrected chi connectivity index (χ4v) is 6.27. The number of amides is 2. The number of esters is 1. The summed E-state index contributed by atoms with van der Waals surface area (Å²) in [6, 6.07) is 22.5. The van der Waals surface area contributed by atoms with Gasteiger partial charge in [0.15, 0.2) is 0 Å². The van der Waals surface area contributed by atoms with E-state index >= 15 is 0 Å². The molecule has 0 radical (unpaired) electrons. The number of halogens is 3. The molecule has 4 aromatic rings. The van der Waals surface area contributed by atoms with Crippen LogP contribution in [0.5, 0.6) is 0 Å². The molecule has 238 valence electrons. The van der Waals surface area contributed by atoms with Gasteiger partial charge in [-0.15, -0.1) is 0 Å². The summed E-state index contributed by atoms with van der Waals surface area (Å²) in [5.41, 5.74) is 8.76. The summed E-state index contributed by atoms with van der Waals surface area (Å²) in [6.07, 6.45) is -0.800. The Labute approximate surface area is 265 Å². The van der Waals surface area contributed by atoms with Crippen LogP contribution >= 0.6 is 0 Å². The number of anilines is 1. The number of carbonyl (C=O) groups is 3. The van der Waals surface area contributed by atoms with Crippen molar-refractivity contribution in [2.75, 3.05) is 5.32 Å². The number of aryl methyl sites for hydroxylation is 1. The lowest BCUT2D eigenvalue weighted by atomic mass is 9.93. The zero-order chi connectivity index (χ0) is 33.0. The highest BCUT2D eigenvalue weighted by Crippen LogP contribution is 2.39. The number of hydrogen-bond donors (Lipinski definition) is 2. The quantitative estimate of drug-likeness (QED) is 0.182. The van der Waals surface area contributed by atoms with Gasteiger partial charge in [-0.1, -0.05) is 79.6 Å². The van der Waals surface area contributed by atoms with Crippen LogP contribution in [0, 0.1) is 19.8 Å². The lowest BCUT2D eigenvalue weighted by Crippen LogP contribution is -2.23. The second-order valence-corrected chi connectivity index (χ2v) is 11.7. The Kier molecular flexibility index (Phi) is 9.60. The third-order valence-electron chi connectivity index (χ3n) is 8.62. The highest BCUT2D eigenvalue weighted by Gasteiger charge is 2.31. The molecule has 1 aliphatic rings. The van der Waals surface area contributed by atoms with Gasteiger partial charge in [0.2, 0.25) is 0 Å². The van der Waals surface area contributed by atoms with Crippen molar-refractivity contribution in [2.24, 2.45) is 11.7 Å². The number of nitrogens with two attached hydrogens (primary N) is 1. The average Bonchev–Trinajstić information content (AvgIpc) is 3.57. The molecule has 0 aliphatic heterocycles.